The Morgan fingerprint density at radius 2 is 2.00 bits per heavy atom. The molecule has 0 aromatic rings. The van der Waals surface area contributed by atoms with E-state index in [9.17, 15) is 0 Å². The third kappa shape index (κ3) is 3.22. The molecule has 1 N–H and O–H groups in total. The Kier molecular flexibility index (Phi) is 3.66. The van der Waals surface area contributed by atoms with E-state index in [2.05, 4.69) is 23.1 Å². The number of nitrogens with zero attached hydrogens (tertiary/aromatic N) is 1. The molecule has 15 heavy (non-hydrogen) atoms. The van der Waals surface area contributed by atoms with E-state index in [0.717, 1.165) is 24.5 Å². The van der Waals surface area contributed by atoms with E-state index in [-0.39, 0.29) is 0 Å². The zero-order valence-electron chi connectivity index (χ0n) is 9.71. The van der Waals surface area contributed by atoms with Crippen LogP contribution < -0.4 is 5.32 Å². The Hall–Kier alpha value is -0.520. The van der Waals surface area contributed by atoms with Crippen molar-refractivity contribution in [1.29, 1.82) is 0 Å². The minimum absolute atomic E-state index is 0.731. The first kappa shape index (κ1) is 11.0. The number of terminal acetylenes is 1. The second kappa shape index (κ2) is 5.01. The van der Waals surface area contributed by atoms with Crippen LogP contribution in [0.4, 0.5) is 0 Å². The van der Waals surface area contributed by atoms with Gasteiger partial charge in [0, 0.05) is 25.2 Å². The van der Waals surface area contributed by atoms with E-state index in [1.807, 2.05) is 0 Å². The van der Waals surface area contributed by atoms with Gasteiger partial charge in [0.15, 0.2) is 0 Å². The Labute approximate surface area is 93.4 Å². The van der Waals surface area contributed by atoms with Crippen molar-refractivity contribution in [3.8, 4) is 12.3 Å². The largest absolute Gasteiger partial charge is 0.311 e. The maximum absolute atomic E-state index is 5.32. The van der Waals surface area contributed by atoms with Crippen molar-refractivity contribution in [1.82, 2.24) is 10.2 Å². The van der Waals surface area contributed by atoms with E-state index >= 15 is 0 Å². The van der Waals surface area contributed by atoms with Gasteiger partial charge in [-0.05, 0) is 38.5 Å². The molecule has 2 fully saturated rings. The summed E-state index contributed by atoms with van der Waals surface area (Å²) in [7, 11) is 0. The van der Waals surface area contributed by atoms with Gasteiger partial charge in [0.05, 0.1) is 6.54 Å². The minimum atomic E-state index is 0.731. The molecule has 1 aliphatic carbocycles. The molecule has 2 rings (SSSR count). The number of rotatable bonds is 4. The summed E-state index contributed by atoms with van der Waals surface area (Å²) in [5.41, 5.74) is 0. The molecule has 1 unspecified atom stereocenters. The Bertz CT molecular complexity index is 231. The third-order valence-electron chi connectivity index (χ3n) is 3.73. The molecule has 1 heterocycles. The highest BCUT2D eigenvalue weighted by atomic mass is 15.1. The van der Waals surface area contributed by atoms with Gasteiger partial charge >= 0.3 is 0 Å². The monoisotopic (exact) mass is 206 g/mol. The summed E-state index contributed by atoms with van der Waals surface area (Å²) in [4.78, 5) is 2.37. The van der Waals surface area contributed by atoms with Crippen LogP contribution in [-0.2, 0) is 0 Å². The summed E-state index contributed by atoms with van der Waals surface area (Å²) in [6, 6.07) is 1.46. The highest BCUT2D eigenvalue weighted by molar-refractivity contribution is 4.92. The minimum Gasteiger partial charge on any atom is -0.311 e. The molecule has 1 atom stereocenters. The summed E-state index contributed by atoms with van der Waals surface area (Å²) in [5, 5.41) is 3.77. The van der Waals surface area contributed by atoms with Crippen molar-refractivity contribution in [3.05, 3.63) is 0 Å². The van der Waals surface area contributed by atoms with Crippen LogP contribution in [0, 0.1) is 18.3 Å². The zero-order valence-corrected chi connectivity index (χ0v) is 9.71. The molecule has 0 bridgehead atoms. The van der Waals surface area contributed by atoms with Gasteiger partial charge in [-0.25, -0.2) is 0 Å². The predicted molar refractivity (Wildman–Crippen MR) is 63.6 cm³/mol. The molecule has 84 valence electrons. The van der Waals surface area contributed by atoms with Gasteiger partial charge in [0.25, 0.3) is 0 Å². The quantitative estimate of drug-likeness (QED) is 0.701. The van der Waals surface area contributed by atoms with Gasteiger partial charge in [-0.1, -0.05) is 5.92 Å². The first-order chi connectivity index (χ1) is 7.29. The van der Waals surface area contributed by atoms with E-state index in [4.69, 9.17) is 6.42 Å². The second-order valence-corrected chi connectivity index (χ2v) is 5.05. The lowest BCUT2D eigenvalue weighted by Gasteiger charge is -2.33. The van der Waals surface area contributed by atoms with Gasteiger partial charge < -0.3 is 5.32 Å². The fraction of sp³-hybridized carbons (Fsp3) is 0.846. The van der Waals surface area contributed by atoms with E-state index in [1.54, 1.807) is 0 Å². The smallest absolute Gasteiger partial charge is 0.0598 e. The fourth-order valence-corrected chi connectivity index (χ4v) is 2.49. The molecule has 0 aromatic heterocycles. The topological polar surface area (TPSA) is 15.3 Å². The number of hydrogen-bond donors (Lipinski definition) is 1. The molecular formula is C13H22N2. The predicted octanol–water partition coefficient (Wildman–Crippen LogP) is 1.47. The lowest BCUT2D eigenvalue weighted by Crippen LogP contribution is -2.46. The number of piperidine rings is 1. The summed E-state index contributed by atoms with van der Waals surface area (Å²) >= 11 is 0. The van der Waals surface area contributed by atoms with Crippen LogP contribution in [0.3, 0.4) is 0 Å². The van der Waals surface area contributed by atoms with Crippen LogP contribution >= 0.6 is 0 Å². The normalized spacial score (nSPS) is 26.1. The number of hydrogen-bond acceptors (Lipinski definition) is 2. The third-order valence-corrected chi connectivity index (χ3v) is 3.73. The summed E-state index contributed by atoms with van der Waals surface area (Å²) in [5.74, 6) is 3.69. The average molecular weight is 206 g/mol. The molecule has 1 saturated heterocycles. The molecular weight excluding hydrogens is 184 g/mol. The highest BCUT2D eigenvalue weighted by Gasteiger charge is 2.30. The molecule has 0 radical (unpaired) electrons. The molecule has 0 spiro atoms. The fourth-order valence-electron chi connectivity index (χ4n) is 2.49. The van der Waals surface area contributed by atoms with Crippen LogP contribution in [0.2, 0.25) is 0 Å². The maximum Gasteiger partial charge on any atom is 0.0598 e. The first-order valence-corrected chi connectivity index (χ1v) is 6.21. The molecule has 1 aliphatic heterocycles. The Morgan fingerprint density at radius 1 is 1.33 bits per heavy atom. The van der Waals surface area contributed by atoms with Crippen LogP contribution in [0.25, 0.3) is 0 Å². The SMILES string of the molecule is C#CCN1CCC(NC(C)C2CC2)CC1. The van der Waals surface area contributed by atoms with E-state index in [0.29, 0.717) is 0 Å². The second-order valence-electron chi connectivity index (χ2n) is 5.05. The Balaban J connectivity index is 1.66. The summed E-state index contributed by atoms with van der Waals surface area (Å²) < 4.78 is 0. The van der Waals surface area contributed by atoms with Crippen molar-refractivity contribution in [2.75, 3.05) is 19.6 Å². The van der Waals surface area contributed by atoms with Crippen molar-refractivity contribution >= 4 is 0 Å². The Morgan fingerprint density at radius 3 is 2.53 bits per heavy atom. The van der Waals surface area contributed by atoms with Crippen LogP contribution in [0.5, 0.6) is 0 Å². The van der Waals surface area contributed by atoms with Gasteiger partial charge in [-0.2, -0.15) is 0 Å². The number of nitrogens with one attached hydrogen (secondary N) is 1. The van der Waals surface area contributed by atoms with E-state index in [1.165, 1.54) is 38.8 Å². The van der Waals surface area contributed by atoms with Crippen molar-refractivity contribution < 1.29 is 0 Å². The molecule has 1 saturated carbocycles. The molecule has 2 nitrogen and oxygen atoms in total. The molecule has 0 amide bonds. The maximum atomic E-state index is 5.32. The van der Waals surface area contributed by atoms with E-state index < -0.39 is 0 Å². The first-order valence-electron chi connectivity index (χ1n) is 6.21. The van der Waals surface area contributed by atoms with Crippen LogP contribution in [0.15, 0.2) is 0 Å². The van der Waals surface area contributed by atoms with Gasteiger partial charge in [0.2, 0.25) is 0 Å². The van der Waals surface area contributed by atoms with Crippen molar-refractivity contribution in [2.45, 2.75) is 44.7 Å². The molecule has 2 heteroatoms. The van der Waals surface area contributed by atoms with Crippen molar-refractivity contribution in [2.24, 2.45) is 5.92 Å². The lowest BCUT2D eigenvalue weighted by atomic mass is 10.0. The number of likely N-dealkylation sites (tertiary alicyclic amines) is 1. The zero-order chi connectivity index (χ0) is 10.7. The lowest BCUT2D eigenvalue weighted by molar-refractivity contribution is 0.208. The van der Waals surface area contributed by atoms with Crippen LogP contribution in [0.1, 0.15) is 32.6 Å². The summed E-state index contributed by atoms with van der Waals surface area (Å²) in [6.07, 6.45) is 10.7. The van der Waals surface area contributed by atoms with Gasteiger partial charge in [-0.3, -0.25) is 4.90 Å². The molecule has 0 aromatic carbocycles. The highest BCUT2D eigenvalue weighted by Crippen LogP contribution is 2.32. The van der Waals surface area contributed by atoms with Gasteiger partial charge in [-0.15, -0.1) is 6.42 Å². The van der Waals surface area contributed by atoms with Crippen LogP contribution in [-0.4, -0.2) is 36.6 Å². The average Bonchev–Trinajstić information content (AvgIpc) is 3.04. The van der Waals surface area contributed by atoms with Crippen molar-refractivity contribution in [3.63, 3.8) is 0 Å². The van der Waals surface area contributed by atoms with Gasteiger partial charge in [0.1, 0.15) is 0 Å². The summed E-state index contributed by atoms with van der Waals surface area (Å²) in [6.45, 7) is 5.49. The molecule has 2 aliphatic rings. The standard InChI is InChI=1S/C13H22N2/c1-3-8-15-9-6-13(7-10-15)14-11(2)12-4-5-12/h1,11-14H,4-10H2,2H3.